The Morgan fingerprint density at radius 3 is 2.70 bits per heavy atom. The first-order valence-corrected chi connectivity index (χ1v) is 6.30. The van der Waals surface area contributed by atoms with Crippen LogP contribution in [0.4, 0.5) is 10.1 Å². The van der Waals surface area contributed by atoms with Crippen molar-refractivity contribution in [3.05, 3.63) is 59.4 Å². The van der Waals surface area contributed by atoms with Gasteiger partial charge in [-0.25, -0.2) is 4.39 Å². The molecule has 0 fully saturated rings. The molecule has 0 unspecified atom stereocenters. The van der Waals surface area contributed by atoms with Gasteiger partial charge in [-0.2, -0.15) is 0 Å². The van der Waals surface area contributed by atoms with Gasteiger partial charge in [-0.1, -0.05) is 23.8 Å². The zero-order chi connectivity index (χ0) is 14.5. The minimum absolute atomic E-state index is 0.111. The lowest BCUT2D eigenvalue weighted by Gasteiger charge is -2.10. The summed E-state index contributed by atoms with van der Waals surface area (Å²) in [6.45, 7) is 3.81. The molecule has 0 aliphatic rings. The van der Waals surface area contributed by atoms with Crippen LogP contribution in [-0.4, -0.2) is 12.5 Å². The van der Waals surface area contributed by atoms with Crippen LogP contribution in [0, 0.1) is 19.7 Å². The smallest absolute Gasteiger partial charge is 0.262 e. The Kier molecular flexibility index (Phi) is 4.35. The first kappa shape index (κ1) is 14.1. The third-order valence-corrected chi connectivity index (χ3v) is 2.80. The topological polar surface area (TPSA) is 38.3 Å². The highest BCUT2D eigenvalue weighted by atomic mass is 19.1. The number of nitrogens with one attached hydrogen (secondary N) is 1. The Morgan fingerprint density at radius 1 is 1.20 bits per heavy atom. The van der Waals surface area contributed by atoms with E-state index in [0.717, 1.165) is 11.1 Å². The monoisotopic (exact) mass is 273 g/mol. The SMILES string of the molecule is Cc1ccc(OCC(=O)Nc2cccc(F)c2)c(C)c1. The van der Waals surface area contributed by atoms with Crippen molar-refractivity contribution in [3.8, 4) is 5.75 Å². The van der Waals surface area contributed by atoms with Gasteiger partial charge < -0.3 is 10.1 Å². The van der Waals surface area contributed by atoms with Crippen LogP contribution in [0.2, 0.25) is 0 Å². The van der Waals surface area contributed by atoms with Crippen molar-refractivity contribution in [1.29, 1.82) is 0 Å². The van der Waals surface area contributed by atoms with E-state index in [1.54, 1.807) is 6.07 Å². The minimum atomic E-state index is -0.391. The molecule has 1 amide bonds. The first-order valence-electron chi connectivity index (χ1n) is 6.30. The van der Waals surface area contributed by atoms with Crippen molar-refractivity contribution in [3.63, 3.8) is 0 Å². The van der Waals surface area contributed by atoms with Crippen LogP contribution in [0.25, 0.3) is 0 Å². The Bertz CT molecular complexity index is 626. The maximum absolute atomic E-state index is 13.0. The van der Waals surface area contributed by atoms with Gasteiger partial charge in [0.1, 0.15) is 11.6 Å². The molecule has 0 saturated carbocycles. The van der Waals surface area contributed by atoms with Crippen molar-refractivity contribution >= 4 is 11.6 Å². The predicted molar refractivity (Wildman–Crippen MR) is 76.4 cm³/mol. The number of ether oxygens (including phenoxy) is 1. The predicted octanol–water partition coefficient (Wildman–Crippen LogP) is 3.46. The van der Waals surface area contributed by atoms with Gasteiger partial charge in [0.15, 0.2) is 6.61 Å². The molecule has 0 aliphatic carbocycles. The zero-order valence-corrected chi connectivity index (χ0v) is 11.4. The molecule has 0 aromatic heterocycles. The summed E-state index contributed by atoms with van der Waals surface area (Å²) in [5.41, 5.74) is 2.53. The number of carbonyl (C=O) groups is 1. The standard InChI is InChI=1S/C16H16FNO2/c1-11-6-7-15(12(2)8-11)20-10-16(19)18-14-5-3-4-13(17)9-14/h3-9H,10H2,1-2H3,(H,18,19). The molecule has 20 heavy (non-hydrogen) atoms. The summed E-state index contributed by atoms with van der Waals surface area (Å²) in [4.78, 5) is 11.7. The number of aryl methyl sites for hydroxylation is 2. The third kappa shape index (κ3) is 3.82. The second kappa shape index (κ2) is 6.19. The summed E-state index contributed by atoms with van der Waals surface area (Å²) in [5.74, 6) is -0.0429. The van der Waals surface area contributed by atoms with E-state index in [-0.39, 0.29) is 12.5 Å². The van der Waals surface area contributed by atoms with E-state index in [1.165, 1.54) is 18.2 Å². The number of rotatable bonds is 4. The van der Waals surface area contributed by atoms with E-state index in [2.05, 4.69) is 5.32 Å². The summed E-state index contributed by atoms with van der Waals surface area (Å²) in [7, 11) is 0. The lowest BCUT2D eigenvalue weighted by molar-refractivity contribution is -0.118. The fourth-order valence-corrected chi connectivity index (χ4v) is 1.87. The van der Waals surface area contributed by atoms with E-state index < -0.39 is 5.82 Å². The van der Waals surface area contributed by atoms with Crippen molar-refractivity contribution in [2.24, 2.45) is 0 Å². The van der Waals surface area contributed by atoms with Crippen LogP contribution in [0.1, 0.15) is 11.1 Å². The van der Waals surface area contributed by atoms with E-state index >= 15 is 0 Å². The number of anilines is 1. The van der Waals surface area contributed by atoms with Crippen LogP contribution in [-0.2, 0) is 4.79 Å². The molecule has 0 aliphatic heterocycles. The molecular weight excluding hydrogens is 257 g/mol. The second-order valence-electron chi connectivity index (χ2n) is 4.62. The fraction of sp³-hybridized carbons (Fsp3) is 0.188. The lowest BCUT2D eigenvalue weighted by Crippen LogP contribution is -2.20. The summed E-state index contributed by atoms with van der Waals surface area (Å²) in [6, 6.07) is 11.5. The Morgan fingerprint density at radius 2 is 2.00 bits per heavy atom. The van der Waals surface area contributed by atoms with Crippen molar-refractivity contribution in [2.45, 2.75) is 13.8 Å². The number of benzene rings is 2. The van der Waals surface area contributed by atoms with Gasteiger partial charge in [0.05, 0.1) is 0 Å². The van der Waals surface area contributed by atoms with Gasteiger partial charge in [0, 0.05) is 5.69 Å². The highest BCUT2D eigenvalue weighted by Crippen LogP contribution is 2.18. The van der Waals surface area contributed by atoms with Crippen molar-refractivity contribution < 1.29 is 13.9 Å². The molecule has 4 heteroatoms. The lowest BCUT2D eigenvalue weighted by atomic mass is 10.1. The average molecular weight is 273 g/mol. The number of halogens is 1. The fourth-order valence-electron chi connectivity index (χ4n) is 1.87. The van der Waals surface area contributed by atoms with Gasteiger partial charge in [0.25, 0.3) is 5.91 Å². The quantitative estimate of drug-likeness (QED) is 0.926. The number of hydrogen-bond acceptors (Lipinski definition) is 2. The number of carbonyl (C=O) groups excluding carboxylic acids is 1. The number of hydrogen-bond donors (Lipinski definition) is 1. The second-order valence-corrected chi connectivity index (χ2v) is 4.62. The molecule has 0 heterocycles. The van der Waals surface area contributed by atoms with Gasteiger partial charge in [-0.15, -0.1) is 0 Å². The van der Waals surface area contributed by atoms with E-state index in [4.69, 9.17) is 4.74 Å². The molecule has 0 saturated heterocycles. The molecule has 3 nitrogen and oxygen atoms in total. The van der Waals surface area contributed by atoms with E-state index in [9.17, 15) is 9.18 Å². The van der Waals surface area contributed by atoms with Gasteiger partial charge in [-0.3, -0.25) is 4.79 Å². The molecule has 1 N–H and O–H groups in total. The molecule has 2 rings (SSSR count). The summed E-state index contributed by atoms with van der Waals surface area (Å²) >= 11 is 0. The Balaban J connectivity index is 1.92. The highest BCUT2D eigenvalue weighted by molar-refractivity contribution is 5.91. The first-order chi connectivity index (χ1) is 9.54. The van der Waals surface area contributed by atoms with Crippen molar-refractivity contribution in [2.75, 3.05) is 11.9 Å². The van der Waals surface area contributed by atoms with Crippen LogP contribution in [0.5, 0.6) is 5.75 Å². The van der Waals surface area contributed by atoms with Crippen LogP contribution in [0.3, 0.4) is 0 Å². The Labute approximate surface area is 117 Å². The van der Waals surface area contributed by atoms with Crippen LogP contribution in [0.15, 0.2) is 42.5 Å². The average Bonchev–Trinajstić information content (AvgIpc) is 2.37. The number of amides is 1. The largest absolute Gasteiger partial charge is 0.483 e. The molecule has 0 bridgehead atoms. The van der Waals surface area contributed by atoms with Crippen LogP contribution < -0.4 is 10.1 Å². The summed E-state index contributed by atoms with van der Waals surface area (Å²) in [6.07, 6.45) is 0. The zero-order valence-electron chi connectivity index (χ0n) is 11.4. The van der Waals surface area contributed by atoms with Gasteiger partial charge >= 0.3 is 0 Å². The molecule has 0 radical (unpaired) electrons. The highest BCUT2D eigenvalue weighted by Gasteiger charge is 2.06. The molecule has 0 spiro atoms. The normalized spacial score (nSPS) is 10.2. The Hall–Kier alpha value is -2.36. The van der Waals surface area contributed by atoms with Crippen LogP contribution >= 0.6 is 0 Å². The molecule has 104 valence electrons. The molecule has 0 atom stereocenters. The maximum Gasteiger partial charge on any atom is 0.262 e. The third-order valence-electron chi connectivity index (χ3n) is 2.80. The van der Waals surface area contributed by atoms with E-state index in [1.807, 2.05) is 32.0 Å². The van der Waals surface area contributed by atoms with Gasteiger partial charge in [-0.05, 0) is 43.7 Å². The summed E-state index contributed by atoms with van der Waals surface area (Å²) in [5, 5.41) is 2.58. The minimum Gasteiger partial charge on any atom is -0.483 e. The molecular formula is C16H16FNO2. The van der Waals surface area contributed by atoms with E-state index in [0.29, 0.717) is 11.4 Å². The molecule has 2 aromatic rings. The van der Waals surface area contributed by atoms with Gasteiger partial charge in [0.2, 0.25) is 0 Å². The van der Waals surface area contributed by atoms with Crippen molar-refractivity contribution in [1.82, 2.24) is 0 Å². The molecule has 2 aromatic carbocycles. The maximum atomic E-state index is 13.0. The summed E-state index contributed by atoms with van der Waals surface area (Å²) < 4.78 is 18.4.